The van der Waals surface area contributed by atoms with Crippen LogP contribution in [0.15, 0.2) is 35.5 Å². The van der Waals surface area contributed by atoms with Crippen molar-refractivity contribution >= 4 is 35.2 Å². The largest absolute Gasteiger partial charge is 0.442 e. The zero-order valence-electron chi connectivity index (χ0n) is 16.3. The lowest BCUT2D eigenvalue weighted by Gasteiger charge is -2.27. The van der Waals surface area contributed by atoms with Gasteiger partial charge in [0.2, 0.25) is 5.95 Å². The first-order valence-electron chi connectivity index (χ1n) is 8.36. The van der Waals surface area contributed by atoms with Gasteiger partial charge in [0, 0.05) is 11.8 Å². The molecule has 0 atom stereocenters. The van der Waals surface area contributed by atoms with Gasteiger partial charge in [-0.05, 0) is 45.0 Å². The number of anilines is 2. The number of benzene rings is 1. The minimum absolute atomic E-state index is 0.0429. The molecule has 1 N–H and O–H groups in total. The van der Waals surface area contributed by atoms with Crippen LogP contribution in [0.5, 0.6) is 0 Å². The number of aromatic nitrogens is 2. The molecule has 0 bridgehead atoms. The quantitative estimate of drug-likeness (QED) is 0.222. The van der Waals surface area contributed by atoms with Crippen molar-refractivity contribution in [3.8, 4) is 5.40 Å². The van der Waals surface area contributed by atoms with Gasteiger partial charge in [-0.2, -0.15) is 28.4 Å². The first-order chi connectivity index (χ1) is 14.3. The van der Waals surface area contributed by atoms with Crippen molar-refractivity contribution in [1.29, 1.82) is 5.26 Å². The summed E-state index contributed by atoms with van der Waals surface area (Å²) in [6, 6.07) is 3.58. The average Bonchev–Trinajstić information content (AvgIpc) is 2.64. The number of halogens is 3. The van der Waals surface area contributed by atoms with Crippen LogP contribution in [0.4, 0.5) is 35.3 Å². The molecule has 0 saturated carbocycles. The number of thioether (sulfide) groups is 1. The van der Waals surface area contributed by atoms with Crippen LogP contribution in [-0.4, -0.2) is 26.6 Å². The van der Waals surface area contributed by atoms with E-state index in [1.165, 1.54) is 0 Å². The summed E-state index contributed by atoms with van der Waals surface area (Å²) in [7, 11) is 0. The Bertz CT molecular complexity index is 1020. The van der Waals surface area contributed by atoms with Crippen LogP contribution >= 0.6 is 11.8 Å². The van der Waals surface area contributed by atoms with Crippen molar-refractivity contribution in [2.45, 2.75) is 37.6 Å². The van der Waals surface area contributed by atoms with Crippen molar-refractivity contribution in [3.63, 3.8) is 0 Å². The summed E-state index contributed by atoms with van der Waals surface area (Å²) < 4.78 is 43.8. The Morgan fingerprint density at radius 2 is 1.90 bits per heavy atom. The second kappa shape index (κ2) is 9.04. The van der Waals surface area contributed by atoms with Gasteiger partial charge in [-0.1, -0.05) is 0 Å². The van der Waals surface area contributed by atoms with Gasteiger partial charge in [-0.15, -0.1) is 0 Å². The molecule has 31 heavy (non-hydrogen) atoms. The van der Waals surface area contributed by atoms with E-state index in [1.54, 1.807) is 26.2 Å². The highest BCUT2D eigenvalue weighted by atomic mass is 32.2. The second-order valence-corrected chi connectivity index (χ2v) is 7.58. The molecule has 10 nitrogen and oxygen atoms in total. The highest BCUT2D eigenvalue weighted by Gasteiger charge is 2.31. The molecule has 2 aromatic rings. The monoisotopic (exact) mass is 456 g/mol. The van der Waals surface area contributed by atoms with Crippen LogP contribution in [-0.2, 0) is 10.9 Å². The van der Waals surface area contributed by atoms with Gasteiger partial charge in [-0.3, -0.25) is 15.5 Å². The molecule has 0 aliphatic rings. The fraction of sp³-hybridized carbons (Fsp3) is 0.294. The van der Waals surface area contributed by atoms with Crippen molar-refractivity contribution in [2.24, 2.45) is 0 Å². The lowest BCUT2D eigenvalue weighted by atomic mass is 10.2. The van der Waals surface area contributed by atoms with Crippen LogP contribution in [0, 0.1) is 20.8 Å². The Kier molecular flexibility index (Phi) is 6.91. The van der Waals surface area contributed by atoms with Gasteiger partial charge in [0.1, 0.15) is 17.2 Å². The number of carbonyl (C=O) groups excluding carboxylic acids is 1. The molecule has 14 heteroatoms. The van der Waals surface area contributed by atoms with Gasteiger partial charge in [0.05, 0.1) is 16.2 Å². The Hall–Kier alpha value is -3.60. The predicted octanol–water partition coefficient (Wildman–Crippen LogP) is 4.75. The number of thiocyanates is 1. The third-order valence-corrected chi connectivity index (χ3v) is 3.90. The van der Waals surface area contributed by atoms with E-state index in [-0.39, 0.29) is 16.7 Å². The maximum atomic E-state index is 12.8. The van der Waals surface area contributed by atoms with Crippen molar-refractivity contribution < 1.29 is 27.6 Å². The predicted molar refractivity (Wildman–Crippen MR) is 104 cm³/mol. The third-order valence-electron chi connectivity index (χ3n) is 3.32. The lowest BCUT2D eigenvalue weighted by molar-refractivity contribution is -0.388. The molecule has 0 saturated heterocycles. The summed E-state index contributed by atoms with van der Waals surface area (Å²) in [6.07, 6.45) is -4.74. The Labute approximate surface area is 178 Å². The summed E-state index contributed by atoms with van der Waals surface area (Å²) in [6.45, 7) is 4.75. The number of amides is 1. The molecule has 1 heterocycles. The number of ether oxygens (including phenoxy) is 1. The highest BCUT2D eigenvalue weighted by molar-refractivity contribution is 8.03. The average molecular weight is 456 g/mol. The summed E-state index contributed by atoms with van der Waals surface area (Å²) in [5.41, 5.74) is 0.00169. The SMILES string of the molecule is CC(C)(C)OC(=O)N(Nc1ncc([N+](=O)[O-])c(SC#N)n1)c1ccc(C(F)(F)F)cc1. The highest BCUT2D eigenvalue weighted by Crippen LogP contribution is 2.31. The Morgan fingerprint density at radius 3 is 2.39 bits per heavy atom. The number of hydrazine groups is 1. The number of nitrogens with one attached hydrogen (secondary N) is 1. The summed E-state index contributed by atoms with van der Waals surface area (Å²) in [5, 5.41) is 22.0. The number of nitrogens with zero attached hydrogens (tertiary/aromatic N) is 5. The van der Waals surface area contributed by atoms with Crippen LogP contribution < -0.4 is 10.4 Å². The standard InChI is InChI=1S/C17H15F3N6O4S/c1-16(2,3)30-15(27)25(11-6-4-10(5-7-11)17(18,19)20)24-14-22-8-12(26(28)29)13(23-14)31-9-21/h4-8H,1-3H3,(H,22,23,24). The molecule has 2 rings (SSSR count). The molecule has 0 radical (unpaired) electrons. The maximum absolute atomic E-state index is 12.8. The molecule has 0 fully saturated rings. The van der Waals surface area contributed by atoms with Gasteiger partial charge < -0.3 is 4.74 Å². The number of alkyl halides is 3. The number of hydrogen-bond donors (Lipinski definition) is 1. The van der Waals surface area contributed by atoms with E-state index < -0.39 is 34.0 Å². The van der Waals surface area contributed by atoms with Crippen molar-refractivity contribution in [3.05, 3.63) is 46.1 Å². The molecule has 1 amide bonds. The fourth-order valence-electron chi connectivity index (χ4n) is 2.08. The Morgan fingerprint density at radius 1 is 1.29 bits per heavy atom. The van der Waals surface area contributed by atoms with Gasteiger partial charge >= 0.3 is 18.0 Å². The van der Waals surface area contributed by atoms with Crippen molar-refractivity contribution in [2.75, 3.05) is 10.4 Å². The number of nitro groups is 1. The first kappa shape index (κ1) is 23.7. The molecule has 164 valence electrons. The smallest absolute Gasteiger partial charge is 0.434 e. The summed E-state index contributed by atoms with van der Waals surface area (Å²) >= 11 is 0.403. The van der Waals surface area contributed by atoms with Gasteiger partial charge in [0.25, 0.3) is 0 Å². The van der Waals surface area contributed by atoms with E-state index in [2.05, 4.69) is 15.4 Å². The molecule has 0 unspecified atom stereocenters. The Balaban J connectivity index is 2.44. The topological polar surface area (TPSA) is 134 Å². The molecule has 0 aliphatic carbocycles. The molecule has 0 aliphatic heterocycles. The summed E-state index contributed by atoms with van der Waals surface area (Å²) in [4.78, 5) is 30.4. The first-order valence-corrected chi connectivity index (χ1v) is 9.18. The molecular weight excluding hydrogens is 441 g/mol. The van der Waals surface area contributed by atoms with E-state index in [0.29, 0.717) is 11.8 Å². The number of nitriles is 1. The zero-order valence-corrected chi connectivity index (χ0v) is 17.1. The molecule has 0 spiro atoms. The third kappa shape index (κ3) is 6.44. The van der Waals surface area contributed by atoms with Crippen LogP contribution in [0.3, 0.4) is 0 Å². The minimum atomic E-state index is -4.58. The van der Waals surface area contributed by atoms with Gasteiger partial charge in [0.15, 0.2) is 5.03 Å². The maximum Gasteiger partial charge on any atom is 0.434 e. The summed E-state index contributed by atoms with van der Waals surface area (Å²) in [5.74, 6) is -0.325. The van der Waals surface area contributed by atoms with Crippen molar-refractivity contribution in [1.82, 2.24) is 9.97 Å². The second-order valence-electron chi connectivity index (χ2n) is 6.81. The number of hydrogen-bond acceptors (Lipinski definition) is 9. The molecular formula is C17H15F3N6O4S. The van der Waals surface area contributed by atoms with Crippen LogP contribution in [0.25, 0.3) is 0 Å². The molecule has 1 aromatic heterocycles. The van der Waals surface area contributed by atoms with E-state index >= 15 is 0 Å². The van der Waals surface area contributed by atoms with E-state index in [9.17, 15) is 28.1 Å². The van der Waals surface area contributed by atoms with Gasteiger partial charge in [-0.25, -0.2) is 9.78 Å². The number of rotatable bonds is 5. The normalized spacial score (nSPS) is 11.4. The number of carbonyl (C=O) groups is 1. The van der Waals surface area contributed by atoms with E-state index in [4.69, 9.17) is 10.00 Å². The van der Waals surface area contributed by atoms with E-state index in [1.807, 2.05) is 0 Å². The molecule has 1 aromatic carbocycles. The lowest BCUT2D eigenvalue weighted by Crippen LogP contribution is -2.41. The van der Waals surface area contributed by atoms with E-state index in [0.717, 1.165) is 35.5 Å². The zero-order chi connectivity index (χ0) is 23.4. The fourth-order valence-corrected chi connectivity index (χ4v) is 2.53. The van der Waals surface area contributed by atoms with Crippen LogP contribution in [0.1, 0.15) is 26.3 Å². The van der Waals surface area contributed by atoms with Crippen LogP contribution in [0.2, 0.25) is 0 Å². The minimum Gasteiger partial charge on any atom is -0.442 e.